The molecule has 1 atom stereocenters. The van der Waals surface area contributed by atoms with E-state index in [-0.39, 0.29) is 25.0 Å². The molecule has 0 radical (unpaired) electrons. The summed E-state index contributed by atoms with van der Waals surface area (Å²) in [5.74, 6) is -0.754. The molecule has 0 heterocycles. The largest absolute Gasteiger partial charge is 0.480 e. The minimum Gasteiger partial charge on any atom is -0.480 e. The second kappa shape index (κ2) is 8.95. The van der Waals surface area contributed by atoms with Crippen molar-refractivity contribution in [3.63, 3.8) is 0 Å². The summed E-state index contributed by atoms with van der Waals surface area (Å²) in [5.41, 5.74) is 5.84. The number of carboxylic acid groups (broad SMARTS) is 1. The molecule has 100 valence electrons. The minimum atomic E-state index is -1.05. The predicted molar refractivity (Wildman–Crippen MR) is 65.6 cm³/mol. The highest BCUT2D eigenvalue weighted by Gasteiger charge is 2.06. The number of hydrogen-bond acceptors (Lipinski definition) is 4. The average molecular weight is 245 g/mol. The number of amides is 1. The molecule has 6 nitrogen and oxygen atoms in total. The monoisotopic (exact) mass is 245 g/mol. The van der Waals surface area contributed by atoms with Crippen LogP contribution in [0, 0.1) is 5.92 Å². The van der Waals surface area contributed by atoms with Crippen LogP contribution in [0.3, 0.4) is 0 Å². The molecule has 17 heavy (non-hydrogen) atoms. The molecular formula is C11H23N3O3. The summed E-state index contributed by atoms with van der Waals surface area (Å²) in [5, 5.41) is 13.5. The zero-order valence-electron chi connectivity index (χ0n) is 10.5. The van der Waals surface area contributed by atoms with Crippen LogP contribution in [0.5, 0.6) is 0 Å². The maximum atomic E-state index is 11.1. The average Bonchev–Trinajstić information content (AvgIpc) is 2.23. The number of rotatable bonds is 9. The molecule has 0 spiro atoms. The lowest BCUT2D eigenvalue weighted by Crippen LogP contribution is -2.41. The van der Waals surface area contributed by atoms with E-state index >= 15 is 0 Å². The summed E-state index contributed by atoms with van der Waals surface area (Å²) in [6.45, 7) is 4.59. The lowest BCUT2D eigenvalue weighted by atomic mass is 10.0. The molecular weight excluding hydrogens is 222 g/mol. The molecule has 0 rings (SSSR count). The Labute approximate surface area is 102 Å². The quantitative estimate of drug-likeness (QED) is 0.440. The van der Waals surface area contributed by atoms with Gasteiger partial charge in [0.25, 0.3) is 0 Å². The van der Waals surface area contributed by atoms with Crippen LogP contribution in [0.25, 0.3) is 0 Å². The van der Waals surface area contributed by atoms with Crippen LogP contribution in [-0.2, 0) is 9.59 Å². The third-order valence-electron chi connectivity index (χ3n) is 2.24. The van der Waals surface area contributed by atoms with E-state index in [4.69, 9.17) is 10.8 Å². The van der Waals surface area contributed by atoms with Crippen LogP contribution >= 0.6 is 0 Å². The first-order valence-electron chi connectivity index (χ1n) is 5.86. The third-order valence-corrected chi connectivity index (χ3v) is 2.24. The van der Waals surface area contributed by atoms with E-state index in [1.807, 2.05) is 0 Å². The zero-order valence-corrected chi connectivity index (χ0v) is 10.5. The number of hydrogen-bond donors (Lipinski definition) is 4. The number of carbonyl (C=O) groups excluding carboxylic acids is 1. The predicted octanol–water partition coefficient (Wildman–Crippen LogP) is -0.460. The molecule has 5 N–H and O–H groups in total. The number of nitrogens with two attached hydrogens (primary N) is 1. The van der Waals surface area contributed by atoms with Gasteiger partial charge >= 0.3 is 5.97 Å². The fourth-order valence-corrected chi connectivity index (χ4v) is 1.26. The van der Waals surface area contributed by atoms with E-state index < -0.39 is 5.97 Å². The van der Waals surface area contributed by atoms with Crippen LogP contribution in [0.4, 0.5) is 0 Å². The van der Waals surface area contributed by atoms with Gasteiger partial charge in [0.05, 0.1) is 6.54 Å². The molecule has 1 unspecified atom stereocenters. The van der Waals surface area contributed by atoms with E-state index in [1.165, 1.54) is 0 Å². The Bertz CT molecular complexity index is 244. The van der Waals surface area contributed by atoms with E-state index in [0.29, 0.717) is 12.5 Å². The van der Waals surface area contributed by atoms with Gasteiger partial charge in [0.1, 0.15) is 6.54 Å². The van der Waals surface area contributed by atoms with Gasteiger partial charge in [-0.15, -0.1) is 0 Å². The highest BCUT2D eigenvalue weighted by atomic mass is 16.4. The molecule has 1 amide bonds. The van der Waals surface area contributed by atoms with Gasteiger partial charge < -0.3 is 21.5 Å². The van der Waals surface area contributed by atoms with E-state index in [2.05, 4.69) is 24.5 Å². The van der Waals surface area contributed by atoms with Gasteiger partial charge in [0, 0.05) is 12.6 Å². The van der Waals surface area contributed by atoms with Gasteiger partial charge in [-0.3, -0.25) is 9.59 Å². The standard InChI is InChI=1S/C11H23N3O3/c1-8(2)3-4-9(12)5-13-6-10(15)14-7-11(16)17/h8-9,13H,3-7,12H2,1-2H3,(H,14,15)(H,16,17). The number of nitrogens with one attached hydrogen (secondary N) is 2. The van der Waals surface area contributed by atoms with Crippen molar-refractivity contribution in [1.29, 1.82) is 0 Å². The maximum Gasteiger partial charge on any atom is 0.322 e. The van der Waals surface area contributed by atoms with Crippen molar-refractivity contribution in [1.82, 2.24) is 10.6 Å². The summed E-state index contributed by atoms with van der Waals surface area (Å²) < 4.78 is 0. The molecule has 0 aromatic carbocycles. The first kappa shape index (κ1) is 15.9. The lowest BCUT2D eigenvalue weighted by molar-refractivity contribution is -0.137. The number of aliphatic carboxylic acids is 1. The third kappa shape index (κ3) is 11.1. The highest BCUT2D eigenvalue weighted by Crippen LogP contribution is 2.04. The Kier molecular flexibility index (Phi) is 8.35. The van der Waals surface area contributed by atoms with E-state index in [1.54, 1.807) is 0 Å². The van der Waals surface area contributed by atoms with Crippen LogP contribution in [0.1, 0.15) is 26.7 Å². The molecule has 0 aliphatic carbocycles. The summed E-state index contributed by atoms with van der Waals surface area (Å²) in [6.07, 6.45) is 1.98. The summed E-state index contributed by atoms with van der Waals surface area (Å²) >= 11 is 0. The van der Waals surface area contributed by atoms with E-state index in [0.717, 1.165) is 12.8 Å². The second-order valence-corrected chi connectivity index (χ2v) is 4.53. The Morgan fingerprint density at radius 1 is 1.24 bits per heavy atom. The van der Waals surface area contributed by atoms with Crippen molar-refractivity contribution in [2.75, 3.05) is 19.6 Å². The topological polar surface area (TPSA) is 104 Å². The first-order valence-corrected chi connectivity index (χ1v) is 5.86. The van der Waals surface area contributed by atoms with Crippen molar-refractivity contribution in [3.8, 4) is 0 Å². The van der Waals surface area contributed by atoms with Crippen LogP contribution in [0.15, 0.2) is 0 Å². The Balaban J connectivity index is 3.48. The molecule has 0 saturated carbocycles. The van der Waals surface area contributed by atoms with Gasteiger partial charge in [-0.25, -0.2) is 0 Å². The molecule has 0 fully saturated rings. The van der Waals surface area contributed by atoms with Crippen molar-refractivity contribution in [2.45, 2.75) is 32.7 Å². The minimum absolute atomic E-state index is 0.0321. The van der Waals surface area contributed by atoms with Gasteiger partial charge in [0.2, 0.25) is 5.91 Å². The smallest absolute Gasteiger partial charge is 0.322 e. The summed E-state index contributed by atoms with van der Waals surface area (Å²) in [4.78, 5) is 21.3. The van der Waals surface area contributed by atoms with Gasteiger partial charge in [-0.1, -0.05) is 13.8 Å². The Morgan fingerprint density at radius 3 is 2.41 bits per heavy atom. The van der Waals surface area contributed by atoms with Crippen molar-refractivity contribution < 1.29 is 14.7 Å². The summed E-state index contributed by atoms with van der Waals surface area (Å²) in [7, 11) is 0. The zero-order chi connectivity index (χ0) is 13.3. The SMILES string of the molecule is CC(C)CCC(N)CNCC(=O)NCC(=O)O. The molecule has 0 aliphatic rings. The molecule has 0 aliphatic heterocycles. The Hall–Kier alpha value is -1.14. The van der Waals surface area contributed by atoms with Gasteiger partial charge in [0.15, 0.2) is 0 Å². The highest BCUT2D eigenvalue weighted by molar-refractivity contribution is 5.82. The van der Waals surface area contributed by atoms with Crippen LogP contribution in [0.2, 0.25) is 0 Å². The number of carbonyl (C=O) groups is 2. The van der Waals surface area contributed by atoms with Crippen LogP contribution < -0.4 is 16.4 Å². The number of carboxylic acids is 1. The van der Waals surface area contributed by atoms with Gasteiger partial charge in [-0.2, -0.15) is 0 Å². The summed E-state index contributed by atoms with van der Waals surface area (Å²) in [6, 6.07) is 0.0321. The lowest BCUT2D eigenvalue weighted by Gasteiger charge is -2.13. The van der Waals surface area contributed by atoms with Crippen molar-refractivity contribution in [3.05, 3.63) is 0 Å². The molecule has 0 aromatic heterocycles. The molecule has 6 heteroatoms. The molecule has 0 bridgehead atoms. The normalized spacial score (nSPS) is 12.5. The molecule has 0 saturated heterocycles. The van der Waals surface area contributed by atoms with Crippen LogP contribution in [-0.4, -0.2) is 42.7 Å². The fourth-order valence-electron chi connectivity index (χ4n) is 1.26. The van der Waals surface area contributed by atoms with Gasteiger partial charge in [-0.05, 0) is 18.8 Å². The van der Waals surface area contributed by atoms with Crippen molar-refractivity contribution in [2.24, 2.45) is 11.7 Å². The maximum absolute atomic E-state index is 11.1. The fraction of sp³-hybridized carbons (Fsp3) is 0.818. The van der Waals surface area contributed by atoms with E-state index in [9.17, 15) is 9.59 Å². The second-order valence-electron chi connectivity index (χ2n) is 4.53. The van der Waals surface area contributed by atoms with Crippen molar-refractivity contribution >= 4 is 11.9 Å². The Morgan fingerprint density at radius 2 is 1.88 bits per heavy atom. The molecule has 0 aromatic rings. The first-order chi connectivity index (χ1) is 7.91.